The molecule has 0 bridgehead atoms. The van der Waals surface area contributed by atoms with Crippen molar-refractivity contribution in [1.29, 1.82) is 0 Å². The van der Waals surface area contributed by atoms with Crippen molar-refractivity contribution >= 4 is 52.4 Å². The third-order valence-corrected chi connectivity index (χ3v) is 12.3. The van der Waals surface area contributed by atoms with E-state index in [0.717, 1.165) is 52.6 Å². The number of nitrogens with zero attached hydrogens (tertiary/aromatic N) is 10. The minimum Gasteiger partial charge on any atom is -0.415 e. The largest absolute Gasteiger partial charge is 0.415 e. The molecule has 0 saturated carbocycles. The number of piperazine rings is 2. The summed E-state index contributed by atoms with van der Waals surface area (Å²) in [6.07, 6.45) is 0.118. The summed E-state index contributed by atoms with van der Waals surface area (Å²) in [5, 5.41) is 8.05. The highest BCUT2D eigenvalue weighted by Gasteiger charge is 2.34. The number of ether oxygens (including phenoxy) is 2. The first kappa shape index (κ1) is 46.8. The summed E-state index contributed by atoms with van der Waals surface area (Å²) in [6.45, 7) is 9.24. The Balaban J connectivity index is 0.000000181. The monoisotopic (exact) mass is 947 g/mol. The molecular weight excluding hydrogens is 899 g/mol. The van der Waals surface area contributed by atoms with Crippen molar-refractivity contribution in [2.24, 2.45) is 5.73 Å². The van der Waals surface area contributed by atoms with Crippen LogP contribution in [0.4, 0.5) is 29.7 Å². The number of anilines is 2. The third kappa shape index (κ3) is 11.5. The van der Waals surface area contributed by atoms with Crippen LogP contribution in [0, 0.1) is 0 Å². The lowest BCUT2D eigenvalue weighted by Crippen LogP contribution is -2.59. The van der Waals surface area contributed by atoms with Gasteiger partial charge < -0.3 is 29.4 Å². The molecule has 0 unspecified atom stereocenters. The molecule has 0 atom stereocenters. The number of pyridine rings is 2. The zero-order valence-electron chi connectivity index (χ0n) is 35.9. The molecule has 4 amide bonds. The number of alkyl halides is 2. The number of carbonyl (C=O) groups is 3. The molecule has 3 aromatic heterocycles. The molecule has 4 aliphatic heterocycles. The van der Waals surface area contributed by atoms with Crippen molar-refractivity contribution < 1.29 is 37.1 Å². The first-order valence-electron chi connectivity index (χ1n) is 21.6. The Bertz CT molecular complexity index is 2430. The van der Waals surface area contributed by atoms with Crippen molar-refractivity contribution in [3.63, 3.8) is 0 Å². The number of halogens is 4. The first-order valence-corrected chi connectivity index (χ1v) is 22.3. The summed E-state index contributed by atoms with van der Waals surface area (Å²) in [5.41, 5.74) is 8.92. The average molecular weight is 949 g/mol. The van der Waals surface area contributed by atoms with Crippen molar-refractivity contribution in [2.75, 3.05) is 95.1 Å². The Morgan fingerprint density at radius 1 is 0.682 bits per heavy atom. The van der Waals surface area contributed by atoms with Crippen molar-refractivity contribution in [1.82, 2.24) is 39.8 Å². The number of aromatic nitrogens is 4. The lowest BCUT2D eigenvalue weighted by atomic mass is 10.1. The van der Waals surface area contributed by atoms with E-state index in [1.54, 1.807) is 64.4 Å². The maximum atomic E-state index is 13.6. The molecule has 4 fully saturated rings. The van der Waals surface area contributed by atoms with Gasteiger partial charge in [-0.2, -0.15) is 8.78 Å². The van der Waals surface area contributed by atoms with Crippen LogP contribution in [0.15, 0.2) is 89.6 Å². The van der Waals surface area contributed by atoms with Crippen molar-refractivity contribution in [3.8, 4) is 11.5 Å². The third-order valence-electron chi connectivity index (χ3n) is 11.8. The maximum absolute atomic E-state index is 13.6. The Hall–Kier alpha value is -5.67. The molecule has 0 aliphatic carbocycles. The predicted molar refractivity (Wildman–Crippen MR) is 242 cm³/mol. The molecule has 5 aromatic rings. The molecule has 348 valence electrons. The number of rotatable bonds is 12. The van der Waals surface area contributed by atoms with E-state index in [1.165, 1.54) is 12.4 Å². The normalized spacial score (nSPS) is 17.1. The lowest BCUT2D eigenvalue weighted by molar-refractivity contribution is -0.0738. The maximum Gasteiger partial charge on any atom is 0.324 e. The molecule has 66 heavy (non-hydrogen) atoms. The zero-order valence-corrected chi connectivity index (χ0v) is 37.4. The molecule has 9 rings (SSSR count). The number of amides is 4. The van der Waals surface area contributed by atoms with Gasteiger partial charge in [0.2, 0.25) is 5.89 Å². The van der Waals surface area contributed by atoms with Crippen LogP contribution >= 0.6 is 23.2 Å². The molecule has 0 radical (unpaired) electrons. The van der Waals surface area contributed by atoms with Crippen LogP contribution < -0.4 is 15.5 Å². The topological polar surface area (TPSA) is 180 Å². The molecular formula is C45H49Cl2F2N11O6. The van der Waals surface area contributed by atoms with E-state index >= 15 is 0 Å². The standard InChI is InChI=1S/C23H23ClF2N6O3.C22H26ClN5O3/c24-16-2-1-3-18(10-16)32(23(33)31-8-6-30(7-9-31)19-13-34-14-19)12-17-5-4-15(11-27-17)21-28-29-22(35-21)20(25)26;23-17-2-1-3-19(10-17)28(13-18-5-4-16(12-25-18)21(29)11-24)22(30)27-8-6-26(7-9-27)20-14-31-15-20/h1-5,10-11,19-20H,6-9,12-14H2;1-5,10,12,20H,6-9,11,13-15,24H2. The van der Waals surface area contributed by atoms with Gasteiger partial charge in [-0.25, -0.2) is 9.59 Å². The second kappa shape index (κ2) is 21.8. The molecule has 21 heteroatoms. The van der Waals surface area contributed by atoms with E-state index in [4.69, 9.17) is 42.8 Å². The second-order valence-corrected chi connectivity index (χ2v) is 16.9. The van der Waals surface area contributed by atoms with Gasteiger partial charge in [0.15, 0.2) is 5.78 Å². The van der Waals surface area contributed by atoms with Gasteiger partial charge in [-0.1, -0.05) is 35.3 Å². The molecule has 17 nitrogen and oxygen atoms in total. The van der Waals surface area contributed by atoms with Gasteiger partial charge in [0, 0.05) is 91.7 Å². The summed E-state index contributed by atoms with van der Waals surface area (Å²) in [6, 6.07) is 21.8. The van der Waals surface area contributed by atoms with E-state index < -0.39 is 12.3 Å². The smallest absolute Gasteiger partial charge is 0.324 e. The van der Waals surface area contributed by atoms with Crippen LogP contribution in [0.25, 0.3) is 11.5 Å². The Morgan fingerprint density at radius 3 is 1.56 bits per heavy atom. The van der Waals surface area contributed by atoms with Gasteiger partial charge in [0.25, 0.3) is 5.89 Å². The van der Waals surface area contributed by atoms with Gasteiger partial charge in [-0.15, -0.1) is 10.2 Å². The second-order valence-electron chi connectivity index (χ2n) is 16.1. The zero-order chi connectivity index (χ0) is 46.2. The van der Waals surface area contributed by atoms with E-state index in [2.05, 4.69) is 30.0 Å². The van der Waals surface area contributed by atoms with Gasteiger partial charge in [0.1, 0.15) is 0 Å². The van der Waals surface area contributed by atoms with E-state index in [9.17, 15) is 23.2 Å². The average Bonchev–Trinajstić information content (AvgIpc) is 3.81. The molecule has 4 saturated heterocycles. The number of ketones is 1. The number of Topliss-reactive ketones (excluding diaryl/α,β-unsaturated/α-hetero) is 1. The van der Waals surface area contributed by atoms with Gasteiger partial charge in [-0.05, 0) is 60.7 Å². The summed E-state index contributed by atoms with van der Waals surface area (Å²) >= 11 is 12.4. The molecule has 7 heterocycles. The highest BCUT2D eigenvalue weighted by atomic mass is 35.5. The lowest BCUT2D eigenvalue weighted by Gasteiger charge is -2.43. The number of hydrogen-bond donors (Lipinski definition) is 1. The summed E-state index contributed by atoms with van der Waals surface area (Å²) in [7, 11) is 0. The SMILES string of the molecule is NCC(=O)c1ccc(CN(C(=O)N2CCN(C3COC3)CC2)c2cccc(Cl)c2)nc1.O=C(N1CCN(C2COC2)CC1)N(Cc1ccc(-c2nnc(C(F)F)o2)cn1)c1cccc(Cl)c1. The molecule has 4 aliphatic rings. The number of benzene rings is 2. The quantitative estimate of drug-likeness (QED) is 0.147. The van der Waals surface area contributed by atoms with Crippen LogP contribution in [0.5, 0.6) is 0 Å². The number of urea groups is 2. The Morgan fingerprint density at radius 2 is 1.18 bits per heavy atom. The Labute approximate surface area is 389 Å². The fourth-order valence-electron chi connectivity index (χ4n) is 7.80. The molecule has 2 N–H and O–H groups in total. The summed E-state index contributed by atoms with van der Waals surface area (Å²) in [4.78, 5) is 59.3. The summed E-state index contributed by atoms with van der Waals surface area (Å²) < 4.78 is 41.0. The van der Waals surface area contributed by atoms with Crippen molar-refractivity contribution in [3.05, 3.63) is 118 Å². The number of hydrogen-bond acceptors (Lipinski definition) is 13. The van der Waals surface area contributed by atoms with Crippen LogP contribution in [0.2, 0.25) is 10.0 Å². The minimum absolute atomic E-state index is 0.0446. The van der Waals surface area contributed by atoms with Gasteiger partial charge >= 0.3 is 18.5 Å². The minimum atomic E-state index is -2.84. The van der Waals surface area contributed by atoms with E-state index in [0.29, 0.717) is 82.2 Å². The van der Waals surface area contributed by atoms with Crippen LogP contribution in [-0.2, 0) is 22.6 Å². The van der Waals surface area contributed by atoms with Crippen molar-refractivity contribution in [2.45, 2.75) is 31.6 Å². The highest BCUT2D eigenvalue weighted by Crippen LogP contribution is 2.27. The summed E-state index contributed by atoms with van der Waals surface area (Å²) in [5.74, 6) is -0.958. The molecule has 0 spiro atoms. The number of carbonyl (C=O) groups excluding carboxylic acids is 3. The number of nitrogens with two attached hydrogens (primary N) is 1. The fourth-order valence-corrected chi connectivity index (χ4v) is 8.17. The van der Waals surface area contributed by atoms with Crippen LogP contribution in [0.3, 0.4) is 0 Å². The Kier molecular flexibility index (Phi) is 15.4. The van der Waals surface area contributed by atoms with E-state index in [1.807, 2.05) is 28.0 Å². The predicted octanol–water partition coefficient (Wildman–Crippen LogP) is 5.89. The van der Waals surface area contributed by atoms with Gasteiger partial charge in [0.05, 0.1) is 75.1 Å². The molecule has 2 aromatic carbocycles. The first-order chi connectivity index (χ1) is 32.0. The van der Waals surface area contributed by atoms with Gasteiger partial charge in [-0.3, -0.25) is 34.4 Å². The van der Waals surface area contributed by atoms with Crippen LogP contribution in [0.1, 0.15) is 34.1 Å². The van der Waals surface area contributed by atoms with Crippen LogP contribution in [-0.4, -0.2) is 155 Å². The van der Waals surface area contributed by atoms with E-state index in [-0.39, 0.29) is 43.4 Å². The fraction of sp³-hybridized carbons (Fsp3) is 0.400. The highest BCUT2D eigenvalue weighted by molar-refractivity contribution is 6.31.